The summed E-state index contributed by atoms with van der Waals surface area (Å²) in [6.45, 7) is 0.621. The fourth-order valence-electron chi connectivity index (χ4n) is 3.87. The minimum Gasteiger partial charge on any atom is -0.461 e. The first kappa shape index (κ1) is 26.3. The Morgan fingerprint density at radius 2 is 1.97 bits per heavy atom. The molecule has 0 radical (unpaired) electrons. The van der Waals surface area contributed by atoms with Crippen LogP contribution in [-0.4, -0.2) is 58.4 Å². The number of hydrogen-bond acceptors (Lipinski definition) is 10. The smallest absolute Gasteiger partial charge is 0.353 e. The highest BCUT2D eigenvalue weighted by Crippen LogP contribution is 2.35. The second-order valence-corrected chi connectivity index (χ2v) is 8.22. The number of primary amides is 1. The van der Waals surface area contributed by atoms with E-state index in [4.69, 9.17) is 10.5 Å². The van der Waals surface area contributed by atoms with Crippen molar-refractivity contribution in [2.75, 3.05) is 29.9 Å². The molecule has 1 aromatic carbocycles. The van der Waals surface area contributed by atoms with E-state index in [9.17, 15) is 24.5 Å². The van der Waals surface area contributed by atoms with Crippen molar-refractivity contribution in [2.24, 2.45) is 5.73 Å². The van der Waals surface area contributed by atoms with Crippen molar-refractivity contribution in [3.63, 3.8) is 0 Å². The topological polar surface area (TPSA) is 183 Å². The van der Waals surface area contributed by atoms with Crippen LogP contribution < -0.4 is 21.3 Å². The lowest BCUT2D eigenvalue weighted by Crippen LogP contribution is -2.46. The molecule has 1 unspecified atom stereocenters. The van der Waals surface area contributed by atoms with Crippen LogP contribution in [0.3, 0.4) is 0 Å². The third-order valence-electron chi connectivity index (χ3n) is 5.59. The first-order valence-electron chi connectivity index (χ1n) is 11.6. The lowest BCUT2D eigenvalue weighted by Gasteiger charge is -2.24. The molecule has 1 fully saturated rings. The van der Waals surface area contributed by atoms with Gasteiger partial charge in [0.25, 0.3) is 0 Å². The number of unbranched alkanes of at least 4 members (excludes halogenated alkanes) is 1. The number of aromatic nitrogens is 2. The molecule has 3 rings (SSSR count). The number of nitrogens with zero attached hydrogens (tertiary/aromatic N) is 4. The second kappa shape index (κ2) is 13.0. The zero-order valence-electron chi connectivity index (χ0n) is 19.7. The van der Waals surface area contributed by atoms with Crippen LogP contribution >= 0.6 is 0 Å². The number of rotatable bonds is 13. The fourth-order valence-corrected chi connectivity index (χ4v) is 3.87. The highest BCUT2D eigenvalue weighted by molar-refractivity contribution is 5.90. The van der Waals surface area contributed by atoms with E-state index in [-0.39, 0.29) is 42.9 Å². The van der Waals surface area contributed by atoms with Gasteiger partial charge in [-0.15, -0.1) is 0 Å². The summed E-state index contributed by atoms with van der Waals surface area (Å²) in [6, 6.07) is 8.66. The lowest BCUT2D eigenvalue weighted by molar-refractivity contribution is -0.383. The summed E-state index contributed by atoms with van der Waals surface area (Å²) in [5, 5.41) is 17.3. The van der Waals surface area contributed by atoms with Gasteiger partial charge in [-0.2, -0.15) is 0 Å². The number of nitrogens with two attached hydrogens (primary N) is 1. The molecule has 0 bridgehead atoms. The van der Waals surface area contributed by atoms with Crippen LogP contribution in [0.2, 0.25) is 0 Å². The van der Waals surface area contributed by atoms with Gasteiger partial charge in [-0.05, 0) is 31.2 Å². The maximum absolute atomic E-state index is 12.5. The standard InChI is InChI=1S/C23H29N7O6/c24-18(31)13-26-23(33)17-9-6-12-29(17)22-20(30(34)35)21(27-15-28-22)25-11-5-4-10-19(32)36-14-16-7-2-1-3-8-16/h1-3,7-8,15,17H,4-6,9-14H2,(H2,24,31)(H,26,33)(H,25,27,28). The predicted molar refractivity (Wildman–Crippen MR) is 130 cm³/mol. The molecule has 0 aliphatic carbocycles. The van der Waals surface area contributed by atoms with E-state index in [0.29, 0.717) is 38.8 Å². The normalized spacial score (nSPS) is 14.8. The van der Waals surface area contributed by atoms with Crippen LogP contribution in [0.5, 0.6) is 0 Å². The van der Waals surface area contributed by atoms with Gasteiger partial charge in [-0.3, -0.25) is 24.5 Å². The number of amides is 2. The Balaban J connectivity index is 1.54. The molecule has 192 valence electrons. The molecule has 1 saturated heterocycles. The number of ether oxygens (including phenoxy) is 1. The Bertz CT molecular complexity index is 1080. The Morgan fingerprint density at radius 3 is 2.69 bits per heavy atom. The van der Waals surface area contributed by atoms with Gasteiger partial charge in [-0.1, -0.05) is 30.3 Å². The Morgan fingerprint density at radius 1 is 1.19 bits per heavy atom. The van der Waals surface area contributed by atoms with Crippen molar-refractivity contribution in [3.8, 4) is 0 Å². The SMILES string of the molecule is NC(=O)CNC(=O)C1CCCN1c1ncnc(NCCCCC(=O)OCc2ccccc2)c1[N+](=O)[O-]. The Hall–Kier alpha value is -4.29. The number of carbonyl (C=O) groups is 3. The van der Waals surface area contributed by atoms with E-state index < -0.39 is 22.8 Å². The molecular formula is C23H29N7O6. The fraction of sp³-hybridized carbons (Fsp3) is 0.435. The van der Waals surface area contributed by atoms with Crippen molar-refractivity contribution in [1.82, 2.24) is 15.3 Å². The van der Waals surface area contributed by atoms with Crippen LogP contribution in [0.1, 0.15) is 37.7 Å². The predicted octanol–water partition coefficient (Wildman–Crippen LogP) is 1.28. The molecule has 0 saturated carbocycles. The van der Waals surface area contributed by atoms with E-state index in [1.54, 1.807) is 4.90 Å². The van der Waals surface area contributed by atoms with Gasteiger partial charge < -0.3 is 26.0 Å². The Kier molecular flexibility index (Phi) is 9.48. The molecule has 2 amide bonds. The van der Waals surface area contributed by atoms with Crippen molar-refractivity contribution >= 4 is 35.1 Å². The summed E-state index contributed by atoms with van der Waals surface area (Å²) in [7, 11) is 0. The summed E-state index contributed by atoms with van der Waals surface area (Å²) in [5.41, 5.74) is 5.65. The molecule has 2 aromatic rings. The van der Waals surface area contributed by atoms with Gasteiger partial charge in [0.05, 0.1) is 11.5 Å². The van der Waals surface area contributed by atoms with Crippen LogP contribution in [0.15, 0.2) is 36.7 Å². The van der Waals surface area contributed by atoms with Gasteiger partial charge in [0.2, 0.25) is 23.5 Å². The number of benzene rings is 1. The molecule has 1 atom stereocenters. The molecule has 1 aromatic heterocycles. The summed E-state index contributed by atoms with van der Waals surface area (Å²) >= 11 is 0. The lowest BCUT2D eigenvalue weighted by atomic mass is 10.2. The van der Waals surface area contributed by atoms with E-state index in [0.717, 1.165) is 5.56 Å². The van der Waals surface area contributed by atoms with E-state index in [2.05, 4.69) is 20.6 Å². The molecule has 13 nitrogen and oxygen atoms in total. The molecular weight excluding hydrogens is 470 g/mol. The zero-order valence-corrected chi connectivity index (χ0v) is 19.7. The molecule has 2 heterocycles. The highest BCUT2D eigenvalue weighted by Gasteiger charge is 2.37. The zero-order chi connectivity index (χ0) is 25.9. The second-order valence-electron chi connectivity index (χ2n) is 8.22. The minimum atomic E-state index is -0.715. The minimum absolute atomic E-state index is 0.0266. The van der Waals surface area contributed by atoms with Crippen molar-refractivity contribution < 1.29 is 24.0 Å². The monoisotopic (exact) mass is 499 g/mol. The highest BCUT2D eigenvalue weighted by atomic mass is 16.6. The molecule has 1 aliphatic heterocycles. The van der Waals surface area contributed by atoms with E-state index in [1.807, 2.05) is 30.3 Å². The molecule has 36 heavy (non-hydrogen) atoms. The van der Waals surface area contributed by atoms with Crippen LogP contribution in [0.4, 0.5) is 17.3 Å². The number of carbonyl (C=O) groups excluding carboxylic acids is 3. The quantitative estimate of drug-likeness (QED) is 0.157. The van der Waals surface area contributed by atoms with Crippen molar-refractivity contribution in [3.05, 3.63) is 52.3 Å². The van der Waals surface area contributed by atoms with Gasteiger partial charge in [-0.25, -0.2) is 9.97 Å². The first-order valence-corrected chi connectivity index (χ1v) is 11.6. The van der Waals surface area contributed by atoms with Gasteiger partial charge >= 0.3 is 11.7 Å². The van der Waals surface area contributed by atoms with Crippen LogP contribution in [-0.2, 0) is 25.7 Å². The third kappa shape index (κ3) is 7.35. The number of anilines is 2. The number of hydrogen-bond donors (Lipinski definition) is 3. The third-order valence-corrected chi connectivity index (χ3v) is 5.59. The van der Waals surface area contributed by atoms with E-state index >= 15 is 0 Å². The summed E-state index contributed by atoms with van der Waals surface area (Å²) in [4.78, 5) is 56.4. The Labute approximate surface area is 207 Å². The maximum Gasteiger partial charge on any atom is 0.353 e. The van der Waals surface area contributed by atoms with Gasteiger partial charge in [0.1, 0.15) is 19.0 Å². The summed E-state index contributed by atoms with van der Waals surface area (Å²) < 4.78 is 5.24. The number of nitrogens with one attached hydrogen (secondary N) is 2. The first-order chi connectivity index (χ1) is 17.4. The summed E-state index contributed by atoms with van der Waals surface area (Å²) in [5.74, 6) is -1.40. The average molecular weight is 500 g/mol. The molecule has 4 N–H and O–H groups in total. The average Bonchev–Trinajstić information content (AvgIpc) is 3.36. The van der Waals surface area contributed by atoms with Crippen LogP contribution in [0.25, 0.3) is 0 Å². The van der Waals surface area contributed by atoms with Gasteiger partial charge in [0, 0.05) is 19.5 Å². The molecule has 0 spiro atoms. The van der Waals surface area contributed by atoms with Crippen molar-refractivity contribution in [2.45, 2.75) is 44.8 Å². The molecule has 13 heteroatoms. The number of nitro groups is 1. The van der Waals surface area contributed by atoms with Crippen LogP contribution in [0, 0.1) is 10.1 Å². The number of esters is 1. The van der Waals surface area contributed by atoms with E-state index in [1.165, 1.54) is 6.33 Å². The van der Waals surface area contributed by atoms with Crippen molar-refractivity contribution in [1.29, 1.82) is 0 Å². The van der Waals surface area contributed by atoms with Gasteiger partial charge in [0.15, 0.2) is 0 Å². The maximum atomic E-state index is 12.5. The summed E-state index contributed by atoms with van der Waals surface area (Å²) in [6.07, 6.45) is 3.58. The largest absolute Gasteiger partial charge is 0.461 e. The molecule has 1 aliphatic rings.